The van der Waals surface area contributed by atoms with Crippen molar-refractivity contribution in [3.05, 3.63) is 41.6 Å². The summed E-state index contributed by atoms with van der Waals surface area (Å²) >= 11 is 0. The lowest BCUT2D eigenvalue weighted by molar-refractivity contribution is 0.626. The zero-order chi connectivity index (χ0) is 16.6. The highest BCUT2D eigenvalue weighted by molar-refractivity contribution is 6.17. The molecule has 23 heavy (non-hydrogen) atoms. The Morgan fingerprint density at radius 2 is 2.04 bits per heavy atom. The molecule has 0 unspecified atom stereocenters. The fraction of sp³-hybridized carbons (Fsp3) is 0.188. The molecule has 0 spiro atoms. The predicted octanol–water partition coefficient (Wildman–Crippen LogP) is 2.62. The monoisotopic (exact) mass is 310 g/mol. The SMILES string of the molecule is CC(C)Nc1ccnc(N)c1C(=N)c1ccc2oc(N)nc2c1. The quantitative estimate of drug-likeness (QED) is 0.549. The molecule has 0 atom stereocenters. The predicted molar refractivity (Wildman–Crippen MR) is 91.8 cm³/mol. The number of fused-ring (bicyclic) bond motifs is 1. The largest absolute Gasteiger partial charge is 0.424 e. The molecular weight excluding hydrogens is 292 g/mol. The Balaban J connectivity index is 2.07. The topological polar surface area (TPSA) is 127 Å². The van der Waals surface area contributed by atoms with Crippen molar-refractivity contribution in [3.63, 3.8) is 0 Å². The number of nitrogen functional groups attached to an aromatic ring is 2. The lowest BCUT2D eigenvalue weighted by Gasteiger charge is -2.16. The van der Waals surface area contributed by atoms with Crippen LogP contribution in [0.1, 0.15) is 25.0 Å². The second-order valence-electron chi connectivity index (χ2n) is 5.53. The van der Waals surface area contributed by atoms with E-state index in [9.17, 15) is 0 Å². The number of hydrogen-bond acceptors (Lipinski definition) is 7. The maximum atomic E-state index is 8.53. The van der Waals surface area contributed by atoms with Gasteiger partial charge in [-0.1, -0.05) is 0 Å². The Morgan fingerprint density at radius 1 is 1.26 bits per heavy atom. The van der Waals surface area contributed by atoms with Crippen LogP contribution in [0.25, 0.3) is 11.1 Å². The molecule has 1 aromatic carbocycles. The summed E-state index contributed by atoms with van der Waals surface area (Å²) in [7, 11) is 0. The molecule has 0 aliphatic carbocycles. The zero-order valence-corrected chi connectivity index (χ0v) is 12.9. The van der Waals surface area contributed by atoms with Crippen molar-refractivity contribution < 1.29 is 4.42 Å². The van der Waals surface area contributed by atoms with E-state index in [1.165, 1.54) is 0 Å². The summed E-state index contributed by atoms with van der Waals surface area (Å²) in [6.45, 7) is 4.04. The van der Waals surface area contributed by atoms with Gasteiger partial charge in [-0.3, -0.25) is 5.41 Å². The molecule has 2 heterocycles. The standard InChI is InChI=1S/C16H18N6O/c1-8(2)21-10-5-6-20-15(18)13(10)14(17)9-3-4-12-11(7-9)22-16(19)23-12/h3-8,17H,1-2H3,(H2,19,22)(H3,18,20,21). The first-order chi connectivity index (χ1) is 11.0. The Kier molecular flexibility index (Phi) is 3.61. The molecule has 0 radical (unpaired) electrons. The first-order valence-corrected chi connectivity index (χ1v) is 7.22. The van der Waals surface area contributed by atoms with Gasteiger partial charge in [0.15, 0.2) is 5.58 Å². The van der Waals surface area contributed by atoms with Gasteiger partial charge in [0.2, 0.25) is 0 Å². The van der Waals surface area contributed by atoms with Crippen LogP contribution in [0.5, 0.6) is 0 Å². The van der Waals surface area contributed by atoms with Crippen molar-refractivity contribution in [2.24, 2.45) is 0 Å². The highest BCUT2D eigenvalue weighted by Gasteiger charge is 2.16. The highest BCUT2D eigenvalue weighted by atomic mass is 16.4. The van der Waals surface area contributed by atoms with Crippen LogP contribution in [0.2, 0.25) is 0 Å². The third-order valence-corrected chi connectivity index (χ3v) is 3.37. The summed E-state index contributed by atoms with van der Waals surface area (Å²) in [6, 6.07) is 7.40. The molecule has 0 aliphatic heterocycles. The number of rotatable bonds is 4. The van der Waals surface area contributed by atoms with Crippen LogP contribution < -0.4 is 16.8 Å². The lowest BCUT2D eigenvalue weighted by atomic mass is 10.0. The first-order valence-electron chi connectivity index (χ1n) is 7.22. The molecule has 0 bridgehead atoms. The van der Waals surface area contributed by atoms with E-state index in [1.54, 1.807) is 24.4 Å². The Bertz CT molecular complexity index is 883. The van der Waals surface area contributed by atoms with E-state index in [0.717, 1.165) is 5.69 Å². The number of aromatic nitrogens is 2. The number of benzene rings is 1. The van der Waals surface area contributed by atoms with Crippen LogP contribution in [-0.4, -0.2) is 21.7 Å². The van der Waals surface area contributed by atoms with Crippen molar-refractivity contribution in [1.29, 1.82) is 5.41 Å². The van der Waals surface area contributed by atoms with Gasteiger partial charge in [0.25, 0.3) is 6.01 Å². The molecule has 6 N–H and O–H groups in total. The molecule has 0 aliphatic rings. The average molecular weight is 310 g/mol. The van der Waals surface area contributed by atoms with Crippen molar-refractivity contribution in [1.82, 2.24) is 9.97 Å². The van der Waals surface area contributed by atoms with Crippen LogP contribution in [0.4, 0.5) is 17.5 Å². The summed E-state index contributed by atoms with van der Waals surface area (Å²) in [6.07, 6.45) is 1.62. The third kappa shape index (κ3) is 2.80. The summed E-state index contributed by atoms with van der Waals surface area (Å²) in [5.41, 5.74) is 15.0. The Labute approximate surface area is 133 Å². The van der Waals surface area contributed by atoms with Gasteiger partial charge in [0.05, 0.1) is 11.3 Å². The molecule has 7 nitrogen and oxygen atoms in total. The Hall–Kier alpha value is -3.09. The first kappa shape index (κ1) is 14.8. The maximum Gasteiger partial charge on any atom is 0.292 e. The fourth-order valence-corrected chi connectivity index (χ4v) is 2.42. The minimum absolute atomic E-state index is 0.103. The van der Waals surface area contributed by atoms with E-state index in [4.69, 9.17) is 21.3 Å². The lowest BCUT2D eigenvalue weighted by Crippen LogP contribution is -2.16. The molecular formula is C16H18N6O. The van der Waals surface area contributed by atoms with Gasteiger partial charge < -0.3 is 21.2 Å². The van der Waals surface area contributed by atoms with Crippen molar-refractivity contribution in [2.75, 3.05) is 16.8 Å². The minimum Gasteiger partial charge on any atom is -0.424 e. The van der Waals surface area contributed by atoms with Crippen LogP contribution in [0, 0.1) is 5.41 Å². The number of anilines is 3. The molecule has 0 saturated heterocycles. The van der Waals surface area contributed by atoms with E-state index in [1.807, 2.05) is 19.9 Å². The van der Waals surface area contributed by atoms with E-state index < -0.39 is 0 Å². The van der Waals surface area contributed by atoms with Crippen LogP contribution >= 0.6 is 0 Å². The van der Waals surface area contributed by atoms with Gasteiger partial charge in [-0.05, 0) is 38.1 Å². The molecule has 118 valence electrons. The van der Waals surface area contributed by atoms with Gasteiger partial charge in [0, 0.05) is 23.5 Å². The van der Waals surface area contributed by atoms with Crippen molar-refractivity contribution >= 4 is 34.3 Å². The summed E-state index contributed by atoms with van der Waals surface area (Å²) in [5.74, 6) is 0.306. The third-order valence-electron chi connectivity index (χ3n) is 3.37. The maximum absolute atomic E-state index is 8.53. The molecule has 3 rings (SSSR count). The van der Waals surface area contributed by atoms with Gasteiger partial charge in [0.1, 0.15) is 11.3 Å². The fourth-order valence-electron chi connectivity index (χ4n) is 2.42. The smallest absolute Gasteiger partial charge is 0.292 e. The number of oxazole rings is 1. The van der Waals surface area contributed by atoms with E-state index in [-0.39, 0.29) is 17.8 Å². The van der Waals surface area contributed by atoms with Crippen molar-refractivity contribution in [2.45, 2.75) is 19.9 Å². The number of hydrogen-bond donors (Lipinski definition) is 4. The van der Waals surface area contributed by atoms with Crippen molar-refractivity contribution in [3.8, 4) is 0 Å². The average Bonchev–Trinajstić information content (AvgIpc) is 2.85. The zero-order valence-electron chi connectivity index (χ0n) is 12.9. The highest BCUT2D eigenvalue weighted by Crippen LogP contribution is 2.26. The molecule has 0 saturated carbocycles. The summed E-state index contributed by atoms with van der Waals surface area (Å²) in [4.78, 5) is 8.20. The second-order valence-corrected chi connectivity index (χ2v) is 5.53. The van der Waals surface area contributed by atoms with Gasteiger partial charge in [-0.15, -0.1) is 0 Å². The summed E-state index contributed by atoms with van der Waals surface area (Å²) < 4.78 is 5.26. The minimum atomic E-state index is 0.103. The molecule has 7 heteroatoms. The normalized spacial score (nSPS) is 11.1. The van der Waals surface area contributed by atoms with Crippen LogP contribution in [0.3, 0.4) is 0 Å². The number of nitrogens with one attached hydrogen (secondary N) is 2. The molecule has 0 amide bonds. The van der Waals surface area contributed by atoms with Gasteiger partial charge in [-0.25, -0.2) is 4.98 Å². The molecule has 0 fully saturated rings. The van der Waals surface area contributed by atoms with Crippen LogP contribution in [0.15, 0.2) is 34.9 Å². The van der Waals surface area contributed by atoms with E-state index in [2.05, 4.69) is 15.3 Å². The number of pyridine rings is 1. The molecule has 2 aromatic heterocycles. The van der Waals surface area contributed by atoms with Gasteiger partial charge in [-0.2, -0.15) is 4.98 Å². The molecule has 3 aromatic rings. The number of nitrogens with two attached hydrogens (primary N) is 2. The van der Waals surface area contributed by atoms with Gasteiger partial charge >= 0.3 is 0 Å². The van der Waals surface area contributed by atoms with E-state index >= 15 is 0 Å². The van der Waals surface area contributed by atoms with Crippen LogP contribution in [-0.2, 0) is 0 Å². The second kappa shape index (κ2) is 5.60. The Morgan fingerprint density at radius 3 is 2.78 bits per heavy atom. The summed E-state index contributed by atoms with van der Waals surface area (Å²) in [5, 5.41) is 11.8. The van der Waals surface area contributed by atoms with E-state index in [0.29, 0.717) is 28.0 Å². The number of nitrogens with zero attached hydrogens (tertiary/aromatic N) is 2.